The van der Waals surface area contributed by atoms with E-state index in [1.165, 1.54) is 5.57 Å². The maximum atomic E-state index is 4.93. The molecule has 0 atom stereocenters. The van der Waals surface area contributed by atoms with Crippen molar-refractivity contribution < 1.29 is 0 Å². The fourth-order valence-corrected chi connectivity index (χ4v) is 4.66. The van der Waals surface area contributed by atoms with Crippen molar-refractivity contribution in [3.05, 3.63) is 116 Å². The molecule has 0 aliphatic heterocycles. The lowest BCUT2D eigenvalue weighted by Crippen LogP contribution is -2.15. The minimum absolute atomic E-state index is 0.680. The lowest BCUT2D eigenvalue weighted by Gasteiger charge is -2.07. The van der Waals surface area contributed by atoms with E-state index >= 15 is 0 Å². The minimum Gasteiger partial charge on any atom is -0.335 e. The molecule has 6 rings (SSSR count). The summed E-state index contributed by atoms with van der Waals surface area (Å²) in [7, 11) is 0. The van der Waals surface area contributed by atoms with Crippen LogP contribution in [0.1, 0.15) is 12.5 Å². The van der Waals surface area contributed by atoms with Gasteiger partial charge in [0.25, 0.3) is 0 Å². The summed E-state index contributed by atoms with van der Waals surface area (Å²) in [5, 5.41) is 12.2. The Balaban J connectivity index is 1.28. The molecule has 0 bridgehead atoms. The number of fused-ring (bicyclic) bond motifs is 2. The molecule has 5 heterocycles. The van der Waals surface area contributed by atoms with Gasteiger partial charge < -0.3 is 10.3 Å². The van der Waals surface area contributed by atoms with Crippen LogP contribution in [0.5, 0.6) is 0 Å². The largest absolute Gasteiger partial charge is 0.335 e. The fourth-order valence-electron chi connectivity index (χ4n) is 4.66. The van der Waals surface area contributed by atoms with Crippen molar-refractivity contribution in [2.45, 2.75) is 13.5 Å². The third-order valence-electron chi connectivity index (χ3n) is 6.64. The van der Waals surface area contributed by atoms with Crippen LogP contribution in [0.15, 0.2) is 110 Å². The van der Waals surface area contributed by atoms with Crippen molar-refractivity contribution in [1.82, 2.24) is 40.4 Å². The molecule has 5 aromatic heterocycles. The summed E-state index contributed by atoms with van der Waals surface area (Å²) >= 11 is 0. The van der Waals surface area contributed by atoms with Crippen LogP contribution in [0.3, 0.4) is 0 Å². The molecule has 0 aliphatic carbocycles. The SMILES string of the molecule is C=C/C=C\C=C(/C)CNCc1cncc(-c2ccc3[nH]nc(-c4nc5c(-c6cccnc6)cncc5[nH]4)c3c2)c1. The average molecular weight is 525 g/mol. The molecule has 0 radical (unpaired) electrons. The zero-order valence-electron chi connectivity index (χ0n) is 22.1. The van der Waals surface area contributed by atoms with Gasteiger partial charge in [0.05, 0.1) is 17.2 Å². The lowest BCUT2D eigenvalue weighted by atomic mass is 10.0. The van der Waals surface area contributed by atoms with Crippen LogP contribution in [0.2, 0.25) is 0 Å². The second-order valence-electron chi connectivity index (χ2n) is 9.56. The minimum atomic E-state index is 0.680. The van der Waals surface area contributed by atoms with Gasteiger partial charge in [-0.2, -0.15) is 5.10 Å². The molecular weight excluding hydrogens is 496 g/mol. The number of H-pyrrole nitrogens is 2. The van der Waals surface area contributed by atoms with Crippen LogP contribution in [-0.4, -0.2) is 41.7 Å². The number of aromatic nitrogens is 7. The van der Waals surface area contributed by atoms with E-state index in [0.29, 0.717) is 5.82 Å². The molecule has 0 aliphatic rings. The van der Waals surface area contributed by atoms with E-state index in [9.17, 15) is 0 Å². The van der Waals surface area contributed by atoms with Crippen molar-refractivity contribution in [3.8, 4) is 33.8 Å². The molecule has 196 valence electrons. The highest BCUT2D eigenvalue weighted by Crippen LogP contribution is 2.32. The highest BCUT2D eigenvalue weighted by molar-refractivity contribution is 5.97. The zero-order valence-corrected chi connectivity index (χ0v) is 22.1. The van der Waals surface area contributed by atoms with Gasteiger partial charge in [0.2, 0.25) is 0 Å². The number of pyridine rings is 3. The molecule has 8 heteroatoms. The van der Waals surface area contributed by atoms with Crippen molar-refractivity contribution in [2.75, 3.05) is 6.54 Å². The average Bonchev–Trinajstić information content (AvgIpc) is 3.62. The topological polar surface area (TPSA) is 108 Å². The van der Waals surface area contributed by atoms with Gasteiger partial charge in [-0.05, 0) is 42.3 Å². The molecule has 0 spiro atoms. The maximum absolute atomic E-state index is 4.93. The van der Waals surface area contributed by atoms with E-state index in [0.717, 1.165) is 68.5 Å². The Morgan fingerprint density at radius 3 is 2.70 bits per heavy atom. The van der Waals surface area contributed by atoms with Crippen LogP contribution in [0, 0.1) is 0 Å². The first-order valence-electron chi connectivity index (χ1n) is 13.0. The van der Waals surface area contributed by atoms with Crippen LogP contribution in [0.25, 0.3) is 55.7 Å². The Morgan fingerprint density at radius 1 is 0.925 bits per heavy atom. The smallest absolute Gasteiger partial charge is 0.159 e. The lowest BCUT2D eigenvalue weighted by molar-refractivity contribution is 0.737. The quantitative estimate of drug-likeness (QED) is 0.189. The standard InChI is InChI=1S/C32H28N8/c1-3-4-5-7-21(2)14-34-15-22-12-25(18-35-16-22)23-9-10-28-26(13-23)31(40-39-28)32-37-29-20-36-19-27(30(29)38-32)24-8-6-11-33-17-24/h3-13,16-20,34H,1,14-15H2,2H3,(H,37,38)(H,39,40)/b5-4-,21-7+. The Kier molecular flexibility index (Phi) is 7.07. The Hall–Kier alpha value is -5.21. The number of aromatic amines is 2. The van der Waals surface area contributed by atoms with Gasteiger partial charge >= 0.3 is 0 Å². The first-order chi connectivity index (χ1) is 19.7. The van der Waals surface area contributed by atoms with Crippen LogP contribution in [-0.2, 0) is 6.54 Å². The van der Waals surface area contributed by atoms with Crippen LogP contribution >= 0.6 is 0 Å². The Labute approximate surface area is 231 Å². The first-order valence-corrected chi connectivity index (χ1v) is 13.0. The first kappa shape index (κ1) is 25.1. The number of benzene rings is 1. The molecule has 1 aromatic carbocycles. The van der Waals surface area contributed by atoms with E-state index in [4.69, 9.17) is 4.98 Å². The van der Waals surface area contributed by atoms with Gasteiger partial charge in [-0.25, -0.2) is 4.98 Å². The van der Waals surface area contributed by atoms with E-state index in [1.807, 2.05) is 55.1 Å². The summed E-state index contributed by atoms with van der Waals surface area (Å²) in [6, 6.07) is 12.3. The zero-order chi connectivity index (χ0) is 27.3. The maximum Gasteiger partial charge on any atom is 0.159 e. The molecule has 40 heavy (non-hydrogen) atoms. The van der Waals surface area contributed by atoms with E-state index in [2.05, 4.69) is 73.2 Å². The third kappa shape index (κ3) is 5.21. The summed E-state index contributed by atoms with van der Waals surface area (Å²) < 4.78 is 0. The van der Waals surface area contributed by atoms with Crippen molar-refractivity contribution in [1.29, 1.82) is 0 Å². The summed E-state index contributed by atoms with van der Waals surface area (Å²) in [5.41, 5.74) is 9.71. The summed E-state index contributed by atoms with van der Waals surface area (Å²) in [5.74, 6) is 0.680. The van der Waals surface area contributed by atoms with Crippen molar-refractivity contribution in [2.24, 2.45) is 0 Å². The second kappa shape index (κ2) is 11.3. The number of rotatable bonds is 9. The number of allylic oxidation sites excluding steroid dienone is 4. The number of hydrogen-bond acceptors (Lipinski definition) is 6. The molecule has 8 nitrogen and oxygen atoms in total. The monoisotopic (exact) mass is 524 g/mol. The predicted molar refractivity (Wildman–Crippen MR) is 160 cm³/mol. The fraction of sp³-hybridized carbons (Fsp3) is 0.0938. The van der Waals surface area contributed by atoms with Gasteiger partial charge in [-0.3, -0.25) is 20.1 Å². The molecule has 3 N–H and O–H groups in total. The van der Waals surface area contributed by atoms with Gasteiger partial charge in [-0.15, -0.1) is 0 Å². The van der Waals surface area contributed by atoms with Crippen LogP contribution in [0.4, 0.5) is 0 Å². The third-order valence-corrected chi connectivity index (χ3v) is 6.64. The summed E-state index contributed by atoms with van der Waals surface area (Å²) in [6.45, 7) is 7.32. The van der Waals surface area contributed by atoms with Gasteiger partial charge in [0.1, 0.15) is 11.2 Å². The van der Waals surface area contributed by atoms with Crippen molar-refractivity contribution in [3.63, 3.8) is 0 Å². The molecule has 0 amide bonds. The van der Waals surface area contributed by atoms with Gasteiger partial charge in [0, 0.05) is 66.2 Å². The van der Waals surface area contributed by atoms with E-state index in [-0.39, 0.29) is 0 Å². The molecule has 0 unspecified atom stereocenters. The molecule has 0 saturated carbocycles. The molecule has 0 fully saturated rings. The van der Waals surface area contributed by atoms with Crippen LogP contribution < -0.4 is 5.32 Å². The number of nitrogens with zero attached hydrogens (tertiary/aromatic N) is 5. The van der Waals surface area contributed by atoms with Gasteiger partial charge in [-0.1, -0.05) is 48.6 Å². The number of imidazole rings is 1. The Bertz CT molecular complexity index is 1860. The molecule has 0 saturated heterocycles. The van der Waals surface area contributed by atoms with Gasteiger partial charge in [0.15, 0.2) is 5.82 Å². The highest BCUT2D eigenvalue weighted by Gasteiger charge is 2.16. The van der Waals surface area contributed by atoms with E-state index < -0.39 is 0 Å². The van der Waals surface area contributed by atoms with Crippen molar-refractivity contribution >= 4 is 21.9 Å². The summed E-state index contributed by atoms with van der Waals surface area (Å²) in [6.07, 6.45) is 18.7. The Morgan fingerprint density at radius 2 is 1.82 bits per heavy atom. The highest BCUT2D eigenvalue weighted by atomic mass is 15.1. The second-order valence-corrected chi connectivity index (χ2v) is 9.56. The number of hydrogen-bond donors (Lipinski definition) is 3. The van der Waals surface area contributed by atoms with E-state index in [1.54, 1.807) is 18.5 Å². The number of nitrogens with one attached hydrogen (secondary N) is 3. The molecule has 6 aromatic rings. The molecular formula is C32H28N8. The normalized spacial score (nSPS) is 12.1. The summed E-state index contributed by atoms with van der Waals surface area (Å²) in [4.78, 5) is 21.5. The predicted octanol–water partition coefficient (Wildman–Crippen LogP) is 6.40.